The van der Waals surface area contributed by atoms with Crippen LogP contribution < -0.4 is 0 Å². The molecule has 0 N–H and O–H groups in total. The molecule has 7 heavy (non-hydrogen) atoms. The zero-order valence-corrected chi connectivity index (χ0v) is 4.77. The topological polar surface area (TPSA) is 12.5 Å². The first-order valence-corrected chi connectivity index (χ1v) is 2.55. The molecule has 1 heteroatoms. The minimum Gasteiger partial charge on any atom is -0.369 e. The first-order chi connectivity index (χ1) is 3.29. The summed E-state index contributed by atoms with van der Waals surface area (Å²) in [6.45, 7) is 5.11. The van der Waals surface area contributed by atoms with E-state index in [1.54, 1.807) is 0 Å². The number of rotatable bonds is 1. The van der Waals surface area contributed by atoms with Gasteiger partial charge >= 0.3 is 0 Å². The summed E-state index contributed by atoms with van der Waals surface area (Å²) >= 11 is 0. The fourth-order valence-corrected chi connectivity index (χ4v) is 0.524. The van der Waals surface area contributed by atoms with E-state index in [2.05, 4.69) is 19.9 Å². The Bertz CT molecular complexity index is 86.4. The standard InChI is InChI=1S/C6H10O/c1-5(2)3-6-4-7-6/h3,6H,4H2,1-2H3. The molecule has 1 unspecified atom stereocenters. The van der Waals surface area contributed by atoms with E-state index in [1.165, 1.54) is 5.57 Å². The van der Waals surface area contributed by atoms with Crippen molar-refractivity contribution in [2.75, 3.05) is 6.61 Å². The largest absolute Gasteiger partial charge is 0.369 e. The molecule has 0 aromatic heterocycles. The van der Waals surface area contributed by atoms with Crippen LogP contribution in [-0.4, -0.2) is 12.7 Å². The third-order valence-corrected chi connectivity index (χ3v) is 0.878. The Labute approximate surface area is 44.0 Å². The molecule has 0 amide bonds. The zero-order valence-electron chi connectivity index (χ0n) is 4.77. The van der Waals surface area contributed by atoms with Crippen molar-refractivity contribution in [2.45, 2.75) is 20.0 Å². The Morgan fingerprint density at radius 3 is 2.43 bits per heavy atom. The third-order valence-electron chi connectivity index (χ3n) is 0.878. The summed E-state index contributed by atoms with van der Waals surface area (Å²) in [6, 6.07) is 0. The number of epoxide rings is 1. The molecule has 0 aromatic carbocycles. The fourth-order valence-electron chi connectivity index (χ4n) is 0.524. The van der Waals surface area contributed by atoms with E-state index >= 15 is 0 Å². The number of ether oxygens (including phenoxy) is 1. The van der Waals surface area contributed by atoms with Crippen LogP contribution in [0, 0.1) is 0 Å². The molecule has 1 nitrogen and oxygen atoms in total. The molecule has 40 valence electrons. The maximum atomic E-state index is 4.94. The van der Waals surface area contributed by atoms with Crippen molar-refractivity contribution in [2.24, 2.45) is 0 Å². The van der Waals surface area contributed by atoms with Crippen LogP contribution in [0.15, 0.2) is 11.6 Å². The average Bonchev–Trinajstić information content (AvgIpc) is 2.17. The van der Waals surface area contributed by atoms with E-state index in [-0.39, 0.29) is 0 Å². The molecular formula is C6H10O. The van der Waals surface area contributed by atoms with E-state index < -0.39 is 0 Å². The Balaban J connectivity index is 2.29. The predicted molar refractivity (Wildman–Crippen MR) is 29.2 cm³/mol. The van der Waals surface area contributed by atoms with Gasteiger partial charge in [-0.3, -0.25) is 0 Å². The molecule has 1 rings (SSSR count). The SMILES string of the molecule is CC(C)=CC1CO1. The van der Waals surface area contributed by atoms with Crippen molar-refractivity contribution in [3.05, 3.63) is 11.6 Å². The first-order valence-electron chi connectivity index (χ1n) is 2.55. The van der Waals surface area contributed by atoms with Gasteiger partial charge < -0.3 is 4.74 Å². The van der Waals surface area contributed by atoms with Gasteiger partial charge in [0, 0.05) is 0 Å². The van der Waals surface area contributed by atoms with Gasteiger partial charge in [0.05, 0.1) is 12.7 Å². The molecule has 1 aliphatic rings. The molecule has 0 bridgehead atoms. The second kappa shape index (κ2) is 1.66. The van der Waals surface area contributed by atoms with Crippen molar-refractivity contribution in [1.82, 2.24) is 0 Å². The van der Waals surface area contributed by atoms with Crippen LogP contribution in [-0.2, 0) is 4.74 Å². The van der Waals surface area contributed by atoms with Gasteiger partial charge in [-0.2, -0.15) is 0 Å². The maximum absolute atomic E-state index is 4.94. The van der Waals surface area contributed by atoms with E-state index in [1.807, 2.05) is 0 Å². The van der Waals surface area contributed by atoms with E-state index in [9.17, 15) is 0 Å². The summed E-state index contributed by atoms with van der Waals surface area (Å²) < 4.78 is 4.94. The second-order valence-corrected chi connectivity index (χ2v) is 2.12. The average molecular weight is 98.1 g/mol. The predicted octanol–water partition coefficient (Wildman–Crippen LogP) is 1.35. The van der Waals surface area contributed by atoms with E-state index in [4.69, 9.17) is 4.74 Å². The van der Waals surface area contributed by atoms with Gasteiger partial charge in [0.15, 0.2) is 0 Å². The minimum absolute atomic E-state index is 0.463. The molecule has 1 aliphatic heterocycles. The highest BCUT2D eigenvalue weighted by Gasteiger charge is 2.17. The highest BCUT2D eigenvalue weighted by Crippen LogP contribution is 2.11. The summed E-state index contributed by atoms with van der Waals surface area (Å²) in [5.41, 5.74) is 1.35. The molecule has 1 fully saturated rings. The summed E-state index contributed by atoms with van der Waals surface area (Å²) in [4.78, 5) is 0. The van der Waals surface area contributed by atoms with Gasteiger partial charge in [-0.05, 0) is 13.8 Å². The van der Waals surface area contributed by atoms with Crippen molar-refractivity contribution in [3.8, 4) is 0 Å². The molecule has 0 spiro atoms. The molecule has 0 saturated carbocycles. The van der Waals surface area contributed by atoms with Crippen LogP contribution in [0.4, 0.5) is 0 Å². The molecule has 0 aliphatic carbocycles. The Hall–Kier alpha value is -0.300. The number of allylic oxidation sites excluding steroid dienone is 1. The van der Waals surface area contributed by atoms with Crippen LogP contribution in [0.2, 0.25) is 0 Å². The highest BCUT2D eigenvalue weighted by molar-refractivity contribution is 5.02. The smallest absolute Gasteiger partial charge is 0.0993 e. The summed E-state index contributed by atoms with van der Waals surface area (Å²) in [7, 11) is 0. The van der Waals surface area contributed by atoms with Crippen molar-refractivity contribution < 1.29 is 4.74 Å². The Morgan fingerprint density at radius 2 is 2.29 bits per heavy atom. The van der Waals surface area contributed by atoms with Crippen LogP contribution in [0.25, 0.3) is 0 Å². The molecule has 0 aromatic rings. The van der Waals surface area contributed by atoms with Crippen molar-refractivity contribution in [1.29, 1.82) is 0 Å². The summed E-state index contributed by atoms with van der Waals surface area (Å²) in [6.07, 6.45) is 2.60. The minimum atomic E-state index is 0.463. The van der Waals surface area contributed by atoms with Crippen LogP contribution in [0.1, 0.15) is 13.8 Å². The van der Waals surface area contributed by atoms with Gasteiger partial charge in [-0.1, -0.05) is 11.6 Å². The van der Waals surface area contributed by atoms with Gasteiger partial charge in [-0.15, -0.1) is 0 Å². The zero-order chi connectivity index (χ0) is 5.28. The Morgan fingerprint density at radius 1 is 1.71 bits per heavy atom. The Kier molecular flexibility index (Phi) is 1.15. The lowest BCUT2D eigenvalue weighted by molar-refractivity contribution is 0.439. The molecular weight excluding hydrogens is 88.1 g/mol. The quantitative estimate of drug-likeness (QED) is 0.356. The molecule has 1 heterocycles. The fraction of sp³-hybridized carbons (Fsp3) is 0.667. The lowest BCUT2D eigenvalue weighted by Gasteiger charge is -1.80. The summed E-state index contributed by atoms with van der Waals surface area (Å²) in [5.74, 6) is 0. The van der Waals surface area contributed by atoms with Gasteiger partial charge in [-0.25, -0.2) is 0 Å². The first kappa shape index (κ1) is 4.85. The van der Waals surface area contributed by atoms with Crippen LogP contribution >= 0.6 is 0 Å². The van der Waals surface area contributed by atoms with Gasteiger partial charge in [0.2, 0.25) is 0 Å². The highest BCUT2D eigenvalue weighted by atomic mass is 16.6. The van der Waals surface area contributed by atoms with Crippen LogP contribution in [0.3, 0.4) is 0 Å². The molecule has 1 atom stereocenters. The maximum Gasteiger partial charge on any atom is 0.0993 e. The normalized spacial score (nSPS) is 26.9. The van der Waals surface area contributed by atoms with E-state index in [0.717, 1.165) is 6.61 Å². The monoisotopic (exact) mass is 98.1 g/mol. The second-order valence-electron chi connectivity index (χ2n) is 2.12. The van der Waals surface area contributed by atoms with Crippen molar-refractivity contribution >= 4 is 0 Å². The summed E-state index contributed by atoms with van der Waals surface area (Å²) in [5, 5.41) is 0. The number of hydrogen-bond acceptors (Lipinski definition) is 1. The molecule has 1 saturated heterocycles. The molecule has 0 radical (unpaired) electrons. The third kappa shape index (κ3) is 1.74. The van der Waals surface area contributed by atoms with Crippen LogP contribution in [0.5, 0.6) is 0 Å². The van der Waals surface area contributed by atoms with E-state index in [0.29, 0.717) is 6.10 Å². The number of hydrogen-bond donors (Lipinski definition) is 0. The van der Waals surface area contributed by atoms with Crippen molar-refractivity contribution in [3.63, 3.8) is 0 Å². The van der Waals surface area contributed by atoms with Gasteiger partial charge in [0.25, 0.3) is 0 Å². The van der Waals surface area contributed by atoms with Gasteiger partial charge in [0.1, 0.15) is 0 Å². The lowest BCUT2D eigenvalue weighted by Crippen LogP contribution is -1.74. The lowest BCUT2D eigenvalue weighted by atomic mass is 10.3.